The minimum absolute atomic E-state index is 0.857. The summed E-state index contributed by atoms with van der Waals surface area (Å²) in [5, 5.41) is 9.39. The van der Waals surface area contributed by atoms with E-state index in [1.807, 2.05) is 36.4 Å². The Kier molecular flexibility index (Phi) is 2.71. The van der Waals surface area contributed by atoms with E-state index in [4.69, 9.17) is 0 Å². The molecule has 21 heavy (non-hydrogen) atoms. The van der Waals surface area contributed by atoms with Crippen LogP contribution in [-0.4, -0.2) is 19.7 Å². The quantitative estimate of drug-likeness (QED) is 0.561. The van der Waals surface area contributed by atoms with Gasteiger partial charge in [-0.3, -0.25) is 9.55 Å². The first-order chi connectivity index (χ1) is 10.4. The lowest BCUT2D eigenvalue weighted by atomic mass is 10.2. The molecule has 0 radical (unpaired) electrons. The molecule has 100 valence electrons. The fourth-order valence-electron chi connectivity index (χ4n) is 2.52. The third kappa shape index (κ3) is 1.97. The number of benzene rings is 1. The van der Waals surface area contributed by atoms with E-state index in [0.717, 1.165) is 28.0 Å². The molecule has 0 atom stereocenters. The zero-order valence-corrected chi connectivity index (χ0v) is 11.2. The molecule has 0 aliphatic carbocycles. The highest BCUT2D eigenvalue weighted by Crippen LogP contribution is 2.29. The number of hydrogen-bond acceptors (Lipinski definition) is 3. The van der Waals surface area contributed by atoms with Crippen molar-refractivity contribution in [2.45, 2.75) is 0 Å². The van der Waals surface area contributed by atoms with Crippen LogP contribution < -0.4 is 0 Å². The molecule has 4 heteroatoms. The number of aromatic nitrogens is 4. The monoisotopic (exact) mass is 272 g/mol. The van der Waals surface area contributed by atoms with Gasteiger partial charge in [-0.05, 0) is 36.4 Å². The summed E-state index contributed by atoms with van der Waals surface area (Å²) in [5.74, 6) is 0. The second-order valence-corrected chi connectivity index (χ2v) is 4.75. The summed E-state index contributed by atoms with van der Waals surface area (Å²) in [4.78, 5) is 4.09. The van der Waals surface area contributed by atoms with E-state index in [0.29, 0.717) is 0 Å². The van der Waals surface area contributed by atoms with Crippen LogP contribution in [0.4, 0.5) is 0 Å². The molecular formula is C17H12N4. The standard InChI is InChI=1S/C17H12N4/c1-2-4-15(5-3-1)21-16(13-6-9-18-10-7-13)12-14-8-11-19-20-17(14)21/h1-12H. The van der Waals surface area contributed by atoms with Gasteiger partial charge in [-0.1, -0.05) is 18.2 Å². The summed E-state index contributed by atoms with van der Waals surface area (Å²) >= 11 is 0. The summed E-state index contributed by atoms with van der Waals surface area (Å²) in [5.41, 5.74) is 4.11. The van der Waals surface area contributed by atoms with Gasteiger partial charge in [0, 0.05) is 29.0 Å². The van der Waals surface area contributed by atoms with Crippen molar-refractivity contribution in [2.75, 3.05) is 0 Å². The van der Waals surface area contributed by atoms with Gasteiger partial charge in [0.2, 0.25) is 0 Å². The van der Waals surface area contributed by atoms with E-state index >= 15 is 0 Å². The van der Waals surface area contributed by atoms with Gasteiger partial charge >= 0.3 is 0 Å². The number of pyridine rings is 1. The third-order valence-electron chi connectivity index (χ3n) is 3.47. The molecule has 4 rings (SSSR count). The average Bonchev–Trinajstić information content (AvgIpc) is 2.96. The van der Waals surface area contributed by atoms with Gasteiger partial charge in [0.05, 0.1) is 11.9 Å². The molecule has 4 aromatic rings. The Labute approximate surface area is 121 Å². The molecule has 0 unspecified atom stereocenters. The van der Waals surface area contributed by atoms with Crippen molar-refractivity contribution in [2.24, 2.45) is 0 Å². The first-order valence-electron chi connectivity index (χ1n) is 6.72. The Morgan fingerprint density at radius 1 is 0.810 bits per heavy atom. The molecular weight excluding hydrogens is 260 g/mol. The fourth-order valence-corrected chi connectivity index (χ4v) is 2.52. The van der Waals surface area contributed by atoms with Gasteiger partial charge in [0.15, 0.2) is 5.65 Å². The summed E-state index contributed by atoms with van der Waals surface area (Å²) in [6, 6.07) is 18.3. The maximum atomic E-state index is 4.30. The molecule has 0 bridgehead atoms. The summed E-state index contributed by atoms with van der Waals surface area (Å²) in [6.45, 7) is 0. The molecule has 3 aromatic heterocycles. The highest BCUT2D eigenvalue weighted by molar-refractivity contribution is 5.85. The van der Waals surface area contributed by atoms with Crippen LogP contribution in [0.2, 0.25) is 0 Å². The Bertz CT molecular complexity index is 882. The highest BCUT2D eigenvalue weighted by atomic mass is 15.2. The van der Waals surface area contributed by atoms with Crippen LogP contribution in [0.5, 0.6) is 0 Å². The fraction of sp³-hybridized carbons (Fsp3) is 0. The second-order valence-electron chi connectivity index (χ2n) is 4.75. The van der Waals surface area contributed by atoms with Gasteiger partial charge in [0.25, 0.3) is 0 Å². The van der Waals surface area contributed by atoms with Crippen LogP contribution in [0.25, 0.3) is 28.0 Å². The van der Waals surface area contributed by atoms with Gasteiger partial charge < -0.3 is 0 Å². The van der Waals surface area contributed by atoms with Crippen molar-refractivity contribution in [3.8, 4) is 16.9 Å². The Hall–Kier alpha value is -3.01. The molecule has 0 saturated heterocycles. The van der Waals surface area contributed by atoms with Gasteiger partial charge in [-0.25, -0.2) is 0 Å². The molecule has 0 fully saturated rings. The molecule has 0 spiro atoms. The molecule has 0 saturated carbocycles. The van der Waals surface area contributed by atoms with Crippen LogP contribution >= 0.6 is 0 Å². The third-order valence-corrected chi connectivity index (χ3v) is 3.47. The maximum Gasteiger partial charge on any atom is 0.167 e. The van der Waals surface area contributed by atoms with E-state index in [1.165, 1.54) is 0 Å². The molecule has 0 aliphatic heterocycles. The smallest absolute Gasteiger partial charge is 0.167 e. The normalized spacial score (nSPS) is 10.9. The molecule has 3 heterocycles. The first kappa shape index (κ1) is 11.8. The van der Waals surface area contributed by atoms with Crippen molar-refractivity contribution < 1.29 is 0 Å². The van der Waals surface area contributed by atoms with Gasteiger partial charge in [-0.2, -0.15) is 5.10 Å². The van der Waals surface area contributed by atoms with Gasteiger partial charge in [0.1, 0.15) is 0 Å². The largest absolute Gasteiger partial charge is 0.292 e. The molecule has 0 amide bonds. The topological polar surface area (TPSA) is 43.6 Å². The van der Waals surface area contributed by atoms with E-state index in [-0.39, 0.29) is 0 Å². The minimum Gasteiger partial charge on any atom is -0.292 e. The molecule has 0 aliphatic rings. The highest BCUT2D eigenvalue weighted by Gasteiger charge is 2.13. The van der Waals surface area contributed by atoms with E-state index in [1.54, 1.807) is 18.6 Å². The van der Waals surface area contributed by atoms with Gasteiger partial charge in [-0.15, -0.1) is 5.10 Å². The van der Waals surface area contributed by atoms with Crippen molar-refractivity contribution in [1.29, 1.82) is 0 Å². The van der Waals surface area contributed by atoms with Crippen LogP contribution in [0.1, 0.15) is 0 Å². The van der Waals surface area contributed by atoms with Crippen molar-refractivity contribution in [3.63, 3.8) is 0 Å². The van der Waals surface area contributed by atoms with Crippen LogP contribution in [-0.2, 0) is 0 Å². The number of para-hydroxylation sites is 1. The van der Waals surface area contributed by atoms with Crippen LogP contribution in [0.15, 0.2) is 73.2 Å². The van der Waals surface area contributed by atoms with E-state index in [9.17, 15) is 0 Å². The summed E-state index contributed by atoms with van der Waals surface area (Å²) in [6.07, 6.45) is 5.32. The minimum atomic E-state index is 0.857. The van der Waals surface area contributed by atoms with Crippen LogP contribution in [0, 0.1) is 0 Å². The molecule has 0 N–H and O–H groups in total. The van der Waals surface area contributed by atoms with Crippen LogP contribution in [0.3, 0.4) is 0 Å². The second kappa shape index (κ2) is 4.83. The number of nitrogens with zero attached hydrogens (tertiary/aromatic N) is 4. The van der Waals surface area contributed by atoms with E-state index in [2.05, 4.69) is 37.9 Å². The first-order valence-corrected chi connectivity index (χ1v) is 6.72. The molecule has 1 aromatic carbocycles. The Balaban J connectivity index is 2.07. The predicted molar refractivity (Wildman–Crippen MR) is 82.1 cm³/mol. The van der Waals surface area contributed by atoms with Crippen molar-refractivity contribution in [1.82, 2.24) is 19.7 Å². The maximum absolute atomic E-state index is 4.30. The molecule has 4 nitrogen and oxygen atoms in total. The number of rotatable bonds is 2. The number of fused-ring (bicyclic) bond motifs is 1. The number of hydrogen-bond donors (Lipinski definition) is 0. The Morgan fingerprint density at radius 2 is 1.62 bits per heavy atom. The lowest BCUT2D eigenvalue weighted by molar-refractivity contribution is 1.01. The Morgan fingerprint density at radius 3 is 2.43 bits per heavy atom. The predicted octanol–water partition coefficient (Wildman–Crippen LogP) is 3.48. The van der Waals surface area contributed by atoms with Crippen molar-refractivity contribution in [3.05, 3.63) is 73.2 Å². The SMILES string of the molecule is c1ccc(-n2c(-c3ccncc3)cc3ccnnc32)cc1. The average molecular weight is 272 g/mol. The van der Waals surface area contributed by atoms with Crippen molar-refractivity contribution >= 4 is 11.0 Å². The summed E-state index contributed by atoms with van der Waals surface area (Å²) in [7, 11) is 0. The zero-order chi connectivity index (χ0) is 14.1. The lowest BCUT2D eigenvalue weighted by Gasteiger charge is -2.09. The van der Waals surface area contributed by atoms with E-state index < -0.39 is 0 Å². The lowest BCUT2D eigenvalue weighted by Crippen LogP contribution is -1.98. The zero-order valence-electron chi connectivity index (χ0n) is 11.2. The summed E-state index contributed by atoms with van der Waals surface area (Å²) < 4.78 is 2.12.